The van der Waals surface area contributed by atoms with E-state index in [4.69, 9.17) is 5.11 Å². The molecule has 88 valence electrons. The maximum absolute atomic E-state index is 10.9. The van der Waals surface area contributed by atoms with Gasteiger partial charge < -0.3 is 10.4 Å². The third kappa shape index (κ3) is 1.68. The lowest BCUT2D eigenvalue weighted by molar-refractivity contribution is 0.0697. The first-order chi connectivity index (χ1) is 8.25. The van der Waals surface area contributed by atoms with Gasteiger partial charge in [-0.2, -0.15) is 5.10 Å². The molecule has 2 heterocycles. The van der Waals surface area contributed by atoms with E-state index in [0.717, 1.165) is 30.4 Å². The zero-order valence-electron chi connectivity index (χ0n) is 9.26. The maximum atomic E-state index is 10.9. The summed E-state index contributed by atoms with van der Waals surface area (Å²) in [6, 6.07) is 5.52. The Bertz CT molecular complexity index is 570. The summed E-state index contributed by atoms with van der Waals surface area (Å²) in [4.78, 5) is 10.9. The van der Waals surface area contributed by atoms with Crippen molar-refractivity contribution in [2.75, 3.05) is 13.1 Å². The van der Waals surface area contributed by atoms with E-state index in [9.17, 15) is 4.79 Å². The molecule has 17 heavy (non-hydrogen) atoms. The topological polar surface area (TPSA) is 67.1 Å². The molecule has 0 bridgehead atoms. The first-order valence-electron chi connectivity index (χ1n) is 5.67. The molecule has 1 aliphatic heterocycles. The van der Waals surface area contributed by atoms with Crippen molar-refractivity contribution in [2.24, 2.45) is 0 Å². The van der Waals surface area contributed by atoms with Gasteiger partial charge in [0, 0.05) is 11.9 Å². The second kappa shape index (κ2) is 3.85. The van der Waals surface area contributed by atoms with E-state index < -0.39 is 5.97 Å². The quantitative estimate of drug-likeness (QED) is 0.816. The zero-order chi connectivity index (χ0) is 11.8. The second-order valence-electron chi connectivity index (χ2n) is 4.31. The van der Waals surface area contributed by atoms with E-state index in [1.807, 2.05) is 10.7 Å². The highest BCUT2D eigenvalue weighted by Crippen LogP contribution is 2.22. The van der Waals surface area contributed by atoms with Gasteiger partial charge in [-0.25, -0.2) is 4.79 Å². The minimum Gasteiger partial charge on any atom is -0.478 e. The third-order valence-electron chi connectivity index (χ3n) is 3.22. The normalized spacial score (nSPS) is 19.9. The highest BCUT2D eigenvalue weighted by molar-refractivity contribution is 5.93. The number of fused-ring (bicyclic) bond motifs is 1. The number of rotatable bonds is 2. The van der Waals surface area contributed by atoms with Crippen molar-refractivity contribution in [3.8, 4) is 0 Å². The molecular formula is C12H13N3O2. The molecule has 1 aromatic carbocycles. The largest absolute Gasteiger partial charge is 0.478 e. The summed E-state index contributed by atoms with van der Waals surface area (Å²) in [5, 5.41) is 17.5. The summed E-state index contributed by atoms with van der Waals surface area (Å²) in [5.41, 5.74) is 1.31. The van der Waals surface area contributed by atoms with Gasteiger partial charge >= 0.3 is 5.97 Å². The number of carbonyl (C=O) groups is 1. The summed E-state index contributed by atoms with van der Waals surface area (Å²) < 4.78 is 1.99. The van der Waals surface area contributed by atoms with Crippen LogP contribution >= 0.6 is 0 Å². The SMILES string of the molecule is O=C(O)c1ccc2c(cnn2C2CCNC2)c1. The fourth-order valence-electron chi connectivity index (χ4n) is 2.33. The third-order valence-corrected chi connectivity index (χ3v) is 3.22. The number of nitrogens with one attached hydrogen (secondary N) is 1. The molecule has 0 spiro atoms. The van der Waals surface area contributed by atoms with Gasteiger partial charge in [-0.1, -0.05) is 0 Å². The molecule has 1 fully saturated rings. The Balaban J connectivity index is 2.07. The van der Waals surface area contributed by atoms with Crippen LogP contribution in [0.5, 0.6) is 0 Å². The number of aromatic carboxylic acids is 1. The number of carboxylic acids is 1. The average Bonchev–Trinajstić information content (AvgIpc) is 2.96. The lowest BCUT2D eigenvalue weighted by Crippen LogP contribution is -2.14. The summed E-state index contributed by atoms with van der Waals surface area (Å²) in [5.74, 6) is -0.901. The molecule has 1 atom stereocenters. The van der Waals surface area contributed by atoms with Crippen LogP contribution in [0.4, 0.5) is 0 Å². The highest BCUT2D eigenvalue weighted by Gasteiger charge is 2.19. The molecule has 1 aliphatic rings. The predicted octanol–water partition coefficient (Wildman–Crippen LogP) is 1.27. The van der Waals surface area contributed by atoms with Gasteiger partial charge in [0.05, 0.1) is 23.3 Å². The van der Waals surface area contributed by atoms with E-state index in [1.54, 1.807) is 18.3 Å². The fraction of sp³-hybridized carbons (Fsp3) is 0.333. The van der Waals surface area contributed by atoms with Gasteiger partial charge in [0.1, 0.15) is 0 Å². The van der Waals surface area contributed by atoms with Crippen molar-refractivity contribution in [2.45, 2.75) is 12.5 Å². The van der Waals surface area contributed by atoms with Crippen LogP contribution in [0.3, 0.4) is 0 Å². The number of aromatic nitrogens is 2. The Morgan fingerprint density at radius 2 is 2.41 bits per heavy atom. The molecule has 1 saturated heterocycles. The number of benzene rings is 1. The monoisotopic (exact) mass is 231 g/mol. The Labute approximate surface area is 98.0 Å². The minimum absolute atomic E-state index is 0.307. The molecule has 0 aliphatic carbocycles. The van der Waals surface area contributed by atoms with Gasteiger partial charge in [-0.15, -0.1) is 0 Å². The predicted molar refractivity (Wildman–Crippen MR) is 63.2 cm³/mol. The lowest BCUT2D eigenvalue weighted by Gasteiger charge is -2.10. The van der Waals surface area contributed by atoms with Crippen LogP contribution in [-0.2, 0) is 0 Å². The van der Waals surface area contributed by atoms with Crippen molar-refractivity contribution < 1.29 is 9.90 Å². The second-order valence-corrected chi connectivity index (χ2v) is 4.31. The number of carboxylic acid groups (broad SMARTS) is 1. The van der Waals surface area contributed by atoms with Gasteiger partial charge in [0.15, 0.2) is 0 Å². The van der Waals surface area contributed by atoms with Gasteiger partial charge in [0.25, 0.3) is 0 Å². The first kappa shape index (κ1) is 10.3. The molecule has 2 aromatic rings. The molecule has 5 heteroatoms. The van der Waals surface area contributed by atoms with Crippen LogP contribution in [0.1, 0.15) is 22.8 Å². The molecular weight excluding hydrogens is 218 g/mol. The molecule has 5 nitrogen and oxygen atoms in total. The van der Waals surface area contributed by atoms with Crippen LogP contribution < -0.4 is 5.32 Å². The summed E-state index contributed by atoms with van der Waals surface area (Å²) in [7, 11) is 0. The molecule has 2 N–H and O–H groups in total. The zero-order valence-corrected chi connectivity index (χ0v) is 9.26. The summed E-state index contributed by atoms with van der Waals surface area (Å²) in [6.07, 6.45) is 2.80. The fourth-order valence-corrected chi connectivity index (χ4v) is 2.33. The van der Waals surface area contributed by atoms with Gasteiger partial charge in [0.2, 0.25) is 0 Å². The molecule has 0 amide bonds. The standard InChI is InChI=1S/C12H13N3O2/c16-12(17)8-1-2-11-9(5-8)6-14-15(11)10-3-4-13-7-10/h1-2,5-6,10,13H,3-4,7H2,(H,16,17). The van der Waals surface area contributed by atoms with Crippen molar-refractivity contribution >= 4 is 16.9 Å². The number of hydrogen-bond acceptors (Lipinski definition) is 3. The van der Waals surface area contributed by atoms with Crippen molar-refractivity contribution in [1.29, 1.82) is 0 Å². The van der Waals surface area contributed by atoms with Crippen LogP contribution in [0, 0.1) is 0 Å². The summed E-state index contributed by atoms with van der Waals surface area (Å²) >= 11 is 0. The molecule has 1 unspecified atom stereocenters. The Kier molecular flexibility index (Phi) is 2.33. The van der Waals surface area contributed by atoms with E-state index in [-0.39, 0.29) is 0 Å². The Hall–Kier alpha value is -1.88. The Morgan fingerprint density at radius 3 is 3.12 bits per heavy atom. The molecule has 3 rings (SSSR count). The average molecular weight is 231 g/mol. The first-order valence-corrected chi connectivity index (χ1v) is 5.67. The van der Waals surface area contributed by atoms with Crippen molar-refractivity contribution in [3.63, 3.8) is 0 Å². The number of hydrogen-bond donors (Lipinski definition) is 2. The van der Waals surface area contributed by atoms with Crippen molar-refractivity contribution in [1.82, 2.24) is 15.1 Å². The molecule has 0 radical (unpaired) electrons. The maximum Gasteiger partial charge on any atom is 0.335 e. The van der Waals surface area contributed by atoms with E-state index >= 15 is 0 Å². The van der Waals surface area contributed by atoms with Crippen LogP contribution in [-0.4, -0.2) is 33.9 Å². The highest BCUT2D eigenvalue weighted by atomic mass is 16.4. The molecule has 0 saturated carbocycles. The lowest BCUT2D eigenvalue weighted by atomic mass is 10.1. The number of nitrogens with zero attached hydrogens (tertiary/aromatic N) is 2. The van der Waals surface area contributed by atoms with E-state index in [2.05, 4.69) is 10.4 Å². The van der Waals surface area contributed by atoms with Gasteiger partial charge in [-0.05, 0) is 31.2 Å². The van der Waals surface area contributed by atoms with Crippen molar-refractivity contribution in [3.05, 3.63) is 30.0 Å². The van der Waals surface area contributed by atoms with Crippen LogP contribution in [0.15, 0.2) is 24.4 Å². The van der Waals surface area contributed by atoms with E-state index in [0.29, 0.717) is 11.6 Å². The Morgan fingerprint density at radius 1 is 1.53 bits per heavy atom. The van der Waals surface area contributed by atoms with E-state index in [1.165, 1.54) is 0 Å². The van der Waals surface area contributed by atoms with Crippen LogP contribution in [0.25, 0.3) is 10.9 Å². The molecule has 1 aromatic heterocycles. The summed E-state index contributed by atoms with van der Waals surface area (Å²) in [6.45, 7) is 1.94. The van der Waals surface area contributed by atoms with Gasteiger partial charge in [-0.3, -0.25) is 4.68 Å². The van der Waals surface area contributed by atoms with Crippen LogP contribution in [0.2, 0.25) is 0 Å². The minimum atomic E-state index is -0.901. The smallest absolute Gasteiger partial charge is 0.335 e.